The Morgan fingerprint density at radius 2 is 1.69 bits per heavy atom. The maximum Gasteiger partial charge on any atom is 0.166 e. The van der Waals surface area contributed by atoms with Gasteiger partial charge in [0.05, 0.1) is 5.56 Å². The normalized spacial score (nSPS) is 12.0. The quantitative estimate of drug-likeness (QED) is 0.439. The van der Waals surface area contributed by atoms with Gasteiger partial charge in [-0.2, -0.15) is 0 Å². The number of ketones is 1. The van der Waals surface area contributed by atoms with Crippen molar-refractivity contribution in [2.45, 2.75) is 19.3 Å². The Hall–Kier alpha value is -2.33. The molecule has 3 aromatic carbocycles. The summed E-state index contributed by atoms with van der Waals surface area (Å²) in [4.78, 5) is 12.7. The molecule has 0 aliphatic heterocycles. The fourth-order valence-electron chi connectivity index (χ4n) is 3.09. The molecule has 3 aromatic rings. The number of carbonyl (C=O) groups is 1. The van der Waals surface area contributed by atoms with Crippen LogP contribution in [0, 0.1) is 18.6 Å². The predicted molar refractivity (Wildman–Crippen MR) is 102 cm³/mol. The van der Waals surface area contributed by atoms with Gasteiger partial charge in [0.15, 0.2) is 5.78 Å². The van der Waals surface area contributed by atoms with Gasteiger partial charge in [-0.15, -0.1) is 0 Å². The summed E-state index contributed by atoms with van der Waals surface area (Å²) in [5.74, 6) is -1.97. The van der Waals surface area contributed by atoms with Crippen molar-refractivity contribution in [1.29, 1.82) is 0 Å². The lowest BCUT2D eigenvalue weighted by molar-refractivity contribution is 0.0973. The smallest absolute Gasteiger partial charge is 0.166 e. The Morgan fingerprint density at radius 3 is 2.38 bits per heavy atom. The van der Waals surface area contributed by atoms with Crippen molar-refractivity contribution < 1.29 is 13.6 Å². The molecule has 0 aliphatic rings. The van der Waals surface area contributed by atoms with Gasteiger partial charge in [0.2, 0.25) is 0 Å². The number of carbonyl (C=O) groups excluding carboxylic acids is 1. The number of rotatable bonds is 5. The van der Waals surface area contributed by atoms with Crippen LogP contribution in [0.4, 0.5) is 8.78 Å². The van der Waals surface area contributed by atoms with Crippen molar-refractivity contribution in [2.75, 3.05) is 0 Å². The van der Waals surface area contributed by atoms with Crippen LogP contribution in [0.2, 0.25) is 0 Å². The minimum atomic E-state index is -0.698. The van der Waals surface area contributed by atoms with E-state index >= 15 is 0 Å². The summed E-state index contributed by atoms with van der Waals surface area (Å²) >= 11 is 3.41. The van der Waals surface area contributed by atoms with Crippen molar-refractivity contribution in [2.24, 2.45) is 0 Å². The van der Waals surface area contributed by atoms with E-state index in [2.05, 4.69) is 15.9 Å². The van der Waals surface area contributed by atoms with Crippen LogP contribution in [-0.4, -0.2) is 5.78 Å². The molecule has 0 amide bonds. The highest BCUT2D eigenvalue weighted by molar-refractivity contribution is 9.10. The second-order valence-corrected chi connectivity index (χ2v) is 7.13. The topological polar surface area (TPSA) is 17.1 Å². The molecular weight excluding hydrogens is 398 g/mol. The largest absolute Gasteiger partial charge is 0.294 e. The van der Waals surface area contributed by atoms with Crippen LogP contribution in [0.25, 0.3) is 0 Å². The molecule has 0 radical (unpaired) electrons. The summed E-state index contributed by atoms with van der Waals surface area (Å²) in [7, 11) is 0. The van der Waals surface area contributed by atoms with Crippen LogP contribution in [0.5, 0.6) is 0 Å². The average Bonchev–Trinajstić information content (AvgIpc) is 2.63. The van der Waals surface area contributed by atoms with E-state index < -0.39 is 17.4 Å². The Bertz CT molecular complexity index is 935. The highest BCUT2D eigenvalue weighted by atomic mass is 79.9. The van der Waals surface area contributed by atoms with Crippen molar-refractivity contribution >= 4 is 21.7 Å². The van der Waals surface area contributed by atoms with Crippen LogP contribution in [0.1, 0.15) is 39.4 Å². The van der Waals surface area contributed by atoms with Gasteiger partial charge in [-0.1, -0.05) is 52.3 Å². The first-order valence-electron chi connectivity index (χ1n) is 8.25. The van der Waals surface area contributed by atoms with E-state index in [1.54, 1.807) is 0 Å². The maximum atomic E-state index is 14.0. The van der Waals surface area contributed by atoms with Crippen LogP contribution < -0.4 is 0 Å². The third-order valence-corrected chi connectivity index (χ3v) is 4.98. The molecule has 0 spiro atoms. The molecule has 4 heteroatoms. The minimum absolute atomic E-state index is 0.0624. The highest BCUT2D eigenvalue weighted by Gasteiger charge is 2.22. The molecule has 132 valence electrons. The number of hydrogen-bond acceptors (Lipinski definition) is 1. The van der Waals surface area contributed by atoms with E-state index in [1.807, 2.05) is 55.5 Å². The summed E-state index contributed by atoms with van der Waals surface area (Å²) in [6.45, 7) is 1.98. The third kappa shape index (κ3) is 4.07. The first-order valence-corrected chi connectivity index (χ1v) is 9.04. The van der Waals surface area contributed by atoms with Gasteiger partial charge in [-0.05, 0) is 53.9 Å². The van der Waals surface area contributed by atoms with Crippen LogP contribution in [0.3, 0.4) is 0 Å². The van der Waals surface area contributed by atoms with Gasteiger partial charge < -0.3 is 0 Å². The molecular formula is C22H17BrF2O. The summed E-state index contributed by atoms with van der Waals surface area (Å²) < 4.78 is 28.4. The first kappa shape index (κ1) is 18.5. The van der Waals surface area contributed by atoms with Gasteiger partial charge in [0.25, 0.3) is 0 Å². The molecule has 1 atom stereocenters. The van der Waals surface area contributed by atoms with Gasteiger partial charge >= 0.3 is 0 Å². The zero-order valence-corrected chi connectivity index (χ0v) is 15.8. The van der Waals surface area contributed by atoms with E-state index in [1.165, 1.54) is 0 Å². The van der Waals surface area contributed by atoms with Gasteiger partial charge in [0.1, 0.15) is 11.6 Å². The van der Waals surface area contributed by atoms with Crippen LogP contribution in [-0.2, 0) is 0 Å². The van der Waals surface area contributed by atoms with Crippen molar-refractivity contribution in [1.82, 2.24) is 0 Å². The lowest BCUT2D eigenvalue weighted by Crippen LogP contribution is -2.12. The SMILES string of the molecule is Cc1ccccc1C(CC(=O)c1cc(F)ccc1F)c1ccc(Br)cc1. The number of halogens is 3. The summed E-state index contributed by atoms with van der Waals surface area (Å²) in [5, 5.41) is 0. The van der Waals surface area contributed by atoms with E-state index in [4.69, 9.17) is 0 Å². The molecule has 1 nitrogen and oxygen atoms in total. The summed E-state index contributed by atoms with van der Waals surface area (Å²) in [5.41, 5.74) is 2.79. The molecule has 0 bridgehead atoms. The maximum absolute atomic E-state index is 14.0. The van der Waals surface area contributed by atoms with E-state index in [0.29, 0.717) is 0 Å². The summed E-state index contributed by atoms with van der Waals surface area (Å²) in [6.07, 6.45) is 0.0624. The van der Waals surface area contributed by atoms with Gasteiger partial charge in [0, 0.05) is 16.8 Å². The lowest BCUT2D eigenvalue weighted by Gasteiger charge is -2.20. The minimum Gasteiger partial charge on any atom is -0.294 e. The Balaban J connectivity index is 2.01. The van der Waals surface area contributed by atoms with E-state index in [-0.39, 0.29) is 17.9 Å². The number of benzene rings is 3. The number of hydrogen-bond donors (Lipinski definition) is 0. The molecule has 0 saturated carbocycles. The lowest BCUT2D eigenvalue weighted by atomic mass is 9.84. The standard InChI is InChI=1S/C22H17BrF2O/c1-14-4-2-3-5-18(14)19(15-6-8-16(23)9-7-15)13-22(26)20-12-17(24)10-11-21(20)25/h2-12,19H,13H2,1H3. The number of Topliss-reactive ketones (excluding diaryl/α,β-unsaturated/α-hetero) is 1. The Kier molecular flexibility index (Phi) is 5.62. The van der Waals surface area contributed by atoms with Crippen LogP contribution >= 0.6 is 15.9 Å². The monoisotopic (exact) mass is 414 g/mol. The van der Waals surface area contributed by atoms with Crippen molar-refractivity contribution in [3.05, 3.63) is 105 Å². The molecule has 0 heterocycles. The molecule has 0 aliphatic carbocycles. The zero-order chi connectivity index (χ0) is 18.7. The predicted octanol–water partition coefficient (Wildman–Crippen LogP) is 6.44. The second-order valence-electron chi connectivity index (χ2n) is 6.21. The fourth-order valence-corrected chi connectivity index (χ4v) is 3.35. The van der Waals surface area contributed by atoms with Gasteiger partial charge in [-0.3, -0.25) is 4.79 Å². The van der Waals surface area contributed by atoms with Crippen molar-refractivity contribution in [3.63, 3.8) is 0 Å². The molecule has 0 aromatic heterocycles. The molecule has 0 saturated heterocycles. The molecule has 0 fully saturated rings. The van der Waals surface area contributed by atoms with E-state index in [9.17, 15) is 13.6 Å². The van der Waals surface area contributed by atoms with Crippen LogP contribution in [0.15, 0.2) is 71.2 Å². The van der Waals surface area contributed by atoms with E-state index in [0.717, 1.165) is 39.4 Å². The first-order chi connectivity index (χ1) is 12.5. The van der Waals surface area contributed by atoms with Gasteiger partial charge in [-0.25, -0.2) is 8.78 Å². The second kappa shape index (κ2) is 7.92. The number of aryl methyl sites for hydroxylation is 1. The molecule has 1 unspecified atom stereocenters. The van der Waals surface area contributed by atoms with Crippen molar-refractivity contribution in [3.8, 4) is 0 Å². The zero-order valence-electron chi connectivity index (χ0n) is 14.2. The molecule has 3 rings (SSSR count). The molecule has 0 N–H and O–H groups in total. The fraction of sp³-hybridized carbons (Fsp3) is 0.136. The summed E-state index contributed by atoms with van der Waals surface area (Å²) in [6, 6.07) is 18.5. The third-order valence-electron chi connectivity index (χ3n) is 4.45. The highest BCUT2D eigenvalue weighted by Crippen LogP contribution is 2.32. The molecule has 26 heavy (non-hydrogen) atoms. The Morgan fingerprint density at radius 1 is 1.00 bits per heavy atom. The average molecular weight is 415 g/mol. The Labute approximate surface area is 159 Å².